The summed E-state index contributed by atoms with van der Waals surface area (Å²) in [6, 6.07) is 16.7. The van der Waals surface area contributed by atoms with Crippen molar-refractivity contribution in [1.29, 1.82) is 0 Å². The van der Waals surface area contributed by atoms with E-state index < -0.39 is 0 Å². The average molecular weight is 471 g/mol. The van der Waals surface area contributed by atoms with Crippen LogP contribution in [0.1, 0.15) is 57.2 Å². The van der Waals surface area contributed by atoms with Crippen LogP contribution in [0.3, 0.4) is 0 Å². The molecule has 1 aliphatic heterocycles. The van der Waals surface area contributed by atoms with Crippen molar-refractivity contribution in [1.82, 2.24) is 19.8 Å². The van der Waals surface area contributed by atoms with Gasteiger partial charge in [0.25, 0.3) is 0 Å². The minimum absolute atomic E-state index is 0.0153. The Morgan fingerprint density at radius 2 is 1.76 bits per heavy atom. The third-order valence-corrected chi connectivity index (χ3v) is 7.10. The monoisotopic (exact) mass is 470 g/mol. The maximum absolute atomic E-state index is 5.84. The predicted octanol–water partition coefficient (Wildman–Crippen LogP) is 6.18. The van der Waals surface area contributed by atoms with Gasteiger partial charge in [0.05, 0.1) is 36.3 Å². The first-order valence-electron chi connectivity index (χ1n) is 11.6. The van der Waals surface area contributed by atoms with Gasteiger partial charge in [0.1, 0.15) is 5.76 Å². The van der Waals surface area contributed by atoms with Gasteiger partial charge >= 0.3 is 0 Å². The molecule has 34 heavy (non-hydrogen) atoms. The van der Waals surface area contributed by atoms with E-state index in [0.717, 1.165) is 11.5 Å². The lowest BCUT2D eigenvalue weighted by molar-refractivity contribution is 0.286. The molecule has 0 bridgehead atoms. The van der Waals surface area contributed by atoms with E-state index in [0.29, 0.717) is 11.7 Å². The number of pyridine rings is 1. The van der Waals surface area contributed by atoms with Crippen molar-refractivity contribution in [2.75, 3.05) is 0 Å². The van der Waals surface area contributed by atoms with Gasteiger partial charge in [-0.3, -0.25) is 4.98 Å². The van der Waals surface area contributed by atoms with Crippen LogP contribution in [0.15, 0.2) is 65.4 Å². The van der Waals surface area contributed by atoms with Crippen LogP contribution in [0.2, 0.25) is 0 Å². The summed E-state index contributed by atoms with van der Waals surface area (Å²) in [5, 5.41) is 4.26. The summed E-state index contributed by atoms with van der Waals surface area (Å²) in [5.41, 5.74) is 9.74. The van der Waals surface area contributed by atoms with Crippen molar-refractivity contribution in [3.63, 3.8) is 0 Å². The summed E-state index contributed by atoms with van der Waals surface area (Å²) in [4.78, 5) is 6.91. The van der Waals surface area contributed by atoms with E-state index in [1.54, 1.807) is 6.26 Å². The zero-order valence-electron chi connectivity index (χ0n) is 20.3. The molecular formula is C28H30N4OS. The first kappa shape index (κ1) is 22.4. The molecule has 2 atom stereocenters. The third-order valence-electron chi connectivity index (χ3n) is 6.75. The van der Waals surface area contributed by atoms with E-state index >= 15 is 0 Å². The quantitative estimate of drug-likeness (QED) is 0.353. The van der Waals surface area contributed by atoms with Crippen molar-refractivity contribution < 1.29 is 4.42 Å². The van der Waals surface area contributed by atoms with Gasteiger partial charge in [-0.05, 0) is 93.9 Å². The van der Waals surface area contributed by atoms with Crippen LogP contribution < -0.4 is 5.32 Å². The van der Waals surface area contributed by atoms with Gasteiger partial charge < -0.3 is 19.2 Å². The highest BCUT2D eigenvalue weighted by atomic mass is 32.1. The third kappa shape index (κ3) is 3.82. The summed E-state index contributed by atoms with van der Waals surface area (Å²) >= 11 is 5.84. The molecule has 174 valence electrons. The van der Waals surface area contributed by atoms with E-state index in [-0.39, 0.29) is 12.1 Å². The Morgan fingerprint density at radius 3 is 2.41 bits per heavy atom. The van der Waals surface area contributed by atoms with Crippen LogP contribution in [-0.2, 0) is 6.54 Å². The molecule has 0 amide bonds. The van der Waals surface area contributed by atoms with E-state index in [9.17, 15) is 0 Å². The Hall–Kier alpha value is -3.38. The van der Waals surface area contributed by atoms with Gasteiger partial charge in [0.15, 0.2) is 5.11 Å². The number of rotatable bonds is 5. The largest absolute Gasteiger partial charge is 0.467 e. The van der Waals surface area contributed by atoms with Gasteiger partial charge in [0.2, 0.25) is 0 Å². The summed E-state index contributed by atoms with van der Waals surface area (Å²) in [5.74, 6) is 0.884. The van der Waals surface area contributed by atoms with E-state index in [4.69, 9.17) is 16.6 Å². The summed E-state index contributed by atoms with van der Waals surface area (Å²) < 4.78 is 8.08. The lowest BCUT2D eigenvalue weighted by atomic mass is 9.96. The maximum Gasteiger partial charge on any atom is 0.170 e. The minimum Gasteiger partial charge on any atom is -0.467 e. The molecule has 4 heterocycles. The molecule has 1 aromatic carbocycles. The maximum atomic E-state index is 5.84. The Labute approximate surface area is 206 Å². The van der Waals surface area contributed by atoms with Crippen molar-refractivity contribution >= 4 is 17.3 Å². The number of furan rings is 1. The number of aryl methyl sites for hydroxylation is 4. The number of nitrogens with one attached hydrogen (secondary N) is 1. The Balaban J connectivity index is 1.66. The highest BCUT2D eigenvalue weighted by molar-refractivity contribution is 7.80. The molecular weight excluding hydrogens is 440 g/mol. The smallest absolute Gasteiger partial charge is 0.170 e. The fourth-order valence-corrected chi connectivity index (χ4v) is 5.75. The van der Waals surface area contributed by atoms with Gasteiger partial charge in [-0.15, -0.1) is 0 Å². The van der Waals surface area contributed by atoms with Crippen LogP contribution >= 0.6 is 12.2 Å². The molecule has 1 saturated heterocycles. The first-order chi connectivity index (χ1) is 16.3. The van der Waals surface area contributed by atoms with Crippen LogP contribution in [0.5, 0.6) is 0 Å². The van der Waals surface area contributed by atoms with Gasteiger partial charge in [0, 0.05) is 17.6 Å². The molecule has 1 aliphatic rings. The van der Waals surface area contributed by atoms with Gasteiger partial charge in [-0.2, -0.15) is 0 Å². The molecule has 0 spiro atoms. The van der Waals surface area contributed by atoms with Gasteiger partial charge in [-0.1, -0.05) is 23.8 Å². The van der Waals surface area contributed by atoms with Crippen molar-refractivity contribution in [2.24, 2.45) is 0 Å². The normalized spacial score (nSPS) is 17.9. The highest BCUT2D eigenvalue weighted by Gasteiger charge is 2.41. The second kappa shape index (κ2) is 8.76. The van der Waals surface area contributed by atoms with Crippen LogP contribution in [0.4, 0.5) is 0 Å². The summed E-state index contributed by atoms with van der Waals surface area (Å²) in [6.07, 6.45) is 3.55. The predicted molar refractivity (Wildman–Crippen MR) is 139 cm³/mol. The van der Waals surface area contributed by atoms with Crippen LogP contribution in [-0.4, -0.2) is 19.6 Å². The number of hydrogen-bond acceptors (Lipinski definition) is 3. The number of thiocarbonyl (C=S) groups is 1. The Morgan fingerprint density at radius 1 is 1.00 bits per heavy atom. The fraction of sp³-hybridized carbons (Fsp3) is 0.286. The lowest BCUT2D eigenvalue weighted by Crippen LogP contribution is -2.29. The van der Waals surface area contributed by atoms with Gasteiger partial charge in [-0.25, -0.2) is 0 Å². The molecule has 4 aromatic rings. The molecule has 0 saturated carbocycles. The van der Waals surface area contributed by atoms with Crippen LogP contribution in [0, 0.1) is 34.6 Å². The van der Waals surface area contributed by atoms with Crippen LogP contribution in [0.25, 0.3) is 5.69 Å². The number of benzene rings is 1. The average Bonchev–Trinajstić information content (AvgIpc) is 3.49. The second-order valence-electron chi connectivity index (χ2n) is 9.24. The molecule has 6 heteroatoms. The zero-order valence-corrected chi connectivity index (χ0v) is 21.1. The minimum atomic E-state index is -0.0576. The Bertz CT molecular complexity index is 1320. The van der Waals surface area contributed by atoms with Crippen molar-refractivity contribution in [3.05, 3.63) is 106 Å². The molecule has 1 N–H and O–H groups in total. The molecule has 0 aliphatic carbocycles. The number of hydrogen-bond donors (Lipinski definition) is 1. The van der Waals surface area contributed by atoms with Crippen molar-refractivity contribution in [2.45, 2.75) is 53.2 Å². The Kier molecular flexibility index (Phi) is 5.78. The SMILES string of the molecule is Cc1cc(C)c(-n2c(C)cc(C3C(c4ccccn4)NC(=S)N3Cc3ccco3)c2C)c(C)c1. The molecule has 1 fully saturated rings. The first-order valence-corrected chi connectivity index (χ1v) is 12.0. The topological polar surface area (TPSA) is 46.2 Å². The zero-order chi connectivity index (χ0) is 24.0. The highest BCUT2D eigenvalue weighted by Crippen LogP contribution is 2.42. The number of aromatic nitrogens is 2. The number of nitrogens with zero attached hydrogens (tertiary/aromatic N) is 3. The molecule has 0 radical (unpaired) electrons. The lowest BCUT2D eigenvalue weighted by Gasteiger charge is -2.27. The summed E-state index contributed by atoms with van der Waals surface area (Å²) in [6.45, 7) is 11.5. The molecule has 5 rings (SSSR count). The van der Waals surface area contributed by atoms with E-state index in [1.165, 1.54) is 39.3 Å². The van der Waals surface area contributed by atoms with Crippen molar-refractivity contribution in [3.8, 4) is 5.69 Å². The fourth-order valence-electron chi connectivity index (χ4n) is 5.44. The molecule has 3 aromatic heterocycles. The van der Waals surface area contributed by atoms with E-state index in [2.05, 4.69) is 78.7 Å². The standard InChI is InChI=1S/C28H30N4OS/c1-17-13-18(2)26(19(3)14-17)32-20(4)15-23(21(32)5)27-25(24-10-6-7-11-29-24)30-28(34)31(27)16-22-9-8-12-33-22/h6-15,25,27H,16H2,1-5H3,(H,30,34). The molecule has 5 nitrogen and oxygen atoms in total. The second-order valence-corrected chi connectivity index (χ2v) is 9.63. The van der Waals surface area contributed by atoms with E-state index in [1.807, 2.05) is 30.5 Å². The summed E-state index contributed by atoms with van der Waals surface area (Å²) in [7, 11) is 0. The molecule has 2 unspecified atom stereocenters.